The van der Waals surface area contributed by atoms with Gasteiger partial charge in [0, 0.05) is 34.5 Å². The quantitative estimate of drug-likeness (QED) is 0.767. The lowest BCUT2D eigenvalue weighted by molar-refractivity contribution is -0.126. The number of nitrogens with zero attached hydrogens (tertiary/aromatic N) is 1. The highest BCUT2D eigenvalue weighted by Crippen LogP contribution is 2.30. The van der Waals surface area contributed by atoms with E-state index in [-0.39, 0.29) is 29.3 Å². The molecule has 0 spiro atoms. The van der Waals surface area contributed by atoms with Crippen LogP contribution in [0.25, 0.3) is 16.5 Å². The Bertz CT molecular complexity index is 918. The monoisotopic (exact) mass is 379 g/mol. The maximum Gasteiger partial charge on any atom is 0.246 e. The second-order valence-electron chi connectivity index (χ2n) is 6.02. The van der Waals surface area contributed by atoms with Crippen LogP contribution in [0.3, 0.4) is 0 Å². The Morgan fingerprint density at radius 2 is 2.04 bits per heavy atom. The van der Waals surface area contributed by atoms with Crippen LogP contribution in [-0.4, -0.2) is 43.8 Å². The fraction of sp³-hybridized carbons (Fsp3) is 0.278. The third-order valence-corrected chi connectivity index (χ3v) is 7.09. The van der Waals surface area contributed by atoms with Crippen LogP contribution in [-0.2, 0) is 14.6 Å². The lowest BCUT2D eigenvalue weighted by atomic mass is 10.2. The second kappa shape index (κ2) is 7.09. The summed E-state index contributed by atoms with van der Waals surface area (Å²) in [4.78, 5) is 15.3. The van der Waals surface area contributed by atoms with Crippen LogP contribution in [0.4, 0.5) is 4.39 Å². The van der Waals surface area contributed by atoms with Crippen LogP contribution >= 0.6 is 11.3 Å². The fourth-order valence-corrected chi connectivity index (χ4v) is 5.49. The first-order chi connectivity index (χ1) is 11.9. The molecule has 1 amide bonds. The Hall–Kier alpha value is -1.99. The van der Waals surface area contributed by atoms with Crippen molar-refractivity contribution in [1.82, 2.24) is 4.90 Å². The van der Waals surface area contributed by atoms with Gasteiger partial charge < -0.3 is 4.90 Å². The van der Waals surface area contributed by atoms with E-state index in [4.69, 9.17) is 0 Å². The van der Waals surface area contributed by atoms with E-state index < -0.39 is 9.84 Å². The predicted molar refractivity (Wildman–Crippen MR) is 98.6 cm³/mol. The molecule has 0 bridgehead atoms. The SMILES string of the molecule is CN(C(=O)/C=C/c1ccc(-c2ccccc2F)s1)C1CCS(=O)(=O)C1. The highest BCUT2D eigenvalue weighted by Gasteiger charge is 2.32. The van der Waals surface area contributed by atoms with Crippen molar-refractivity contribution in [2.45, 2.75) is 12.5 Å². The summed E-state index contributed by atoms with van der Waals surface area (Å²) in [5.74, 6) is -0.351. The van der Waals surface area contributed by atoms with Gasteiger partial charge in [-0.25, -0.2) is 12.8 Å². The summed E-state index contributed by atoms with van der Waals surface area (Å²) in [6.07, 6.45) is 3.59. The van der Waals surface area contributed by atoms with E-state index in [2.05, 4.69) is 0 Å². The number of sulfone groups is 1. The highest BCUT2D eigenvalue weighted by atomic mass is 32.2. The largest absolute Gasteiger partial charge is 0.338 e. The molecule has 3 rings (SSSR count). The first-order valence-corrected chi connectivity index (χ1v) is 10.5. The third kappa shape index (κ3) is 4.16. The smallest absolute Gasteiger partial charge is 0.246 e. The molecule has 1 fully saturated rings. The lowest BCUT2D eigenvalue weighted by Crippen LogP contribution is -2.36. The minimum atomic E-state index is -3.02. The van der Waals surface area contributed by atoms with Crippen LogP contribution in [0, 0.1) is 5.82 Å². The van der Waals surface area contributed by atoms with Gasteiger partial charge in [-0.1, -0.05) is 18.2 Å². The molecule has 0 N–H and O–H groups in total. The average Bonchev–Trinajstić information content (AvgIpc) is 3.18. The molecule has 1 aliphatic heterocycles. The van der Waals surface area contributed by atoms with E-state index in [1.807, 2.05) is 12.1 Å². The van der Waals surface area contributed by atoms with Crippen molar-refractivity contribution >= 4 is 33.2 Å². The van der Waals surface area contributed by atoms with Crippen molar-refractivity contribution in [3.63, 3.8) is 0 Å². The van der Waals surface area contributed by atoms with Gasteiger partial charge in [0.05, 0.1) is 11.5 Å². The summed E-state index contributed by atoms with van der Waals surface area (Å²) in [6.45, 7) is 0. The molecule has 4 nitrogen and oxygen atoms in total. The van der Waals surface area contributed by atoms with Gasteiger partial charge in [0.2, 0.25) is 5.91 Å². The van der Waals surface area contributed by atoms with Gasteiger partial charge >= 0.3 is 0 Å². The van der Waals surface area contributed by atoms with Gasteiger partial charge in [-0.2, -0.15) is 0 Å². The zero-order chi connectivity index (χ0) is 18.0. The first-order valence-electron chi connectivity index (χ1n) is 7.86. The van der Waals surface area contributed by atoms with E-state index in [9.17, 15) is 17.6 Å². The maximum absolute atomic E-state index is 13.8. The number of amides is 1. The van der Waals surface area contributed by atoms with Gasteiger partial charge in [-0.05, 0) is 30.7 Å². The molecule has 2 heterocycles. The summed E-state index contributed by atoms with van der Waals surface area (Å²) in [7, 11) is -1.40. The molecule has 25 heavy (non-hydrogen) atoms. The zero-order valence-electron chi connectivity index (χ0n) is 13.7. The molecule has 2 aromatic rings. The van der Waals surface area contributed by atoms with Gasteiger partial charge in [-0.15, -0.1) is 11.3 Å². The summed E-state index contributed by atoms with van der Waals surface area (Å²) in [6, 6.07) is 9.94. The molecule has 1 aliphatic rings. The van der Waals surface area contributed by atoms with Crippen molar-refractivity contribution in [2.75, 3.05) is 18.6 Å². The van der Waals surface area contributed by atoms with Crippen molar-refractivity contribution in [3.05, 3.63) is 53.2 Å². The Labute approximate surface area is 150 Å². The lowest BCUT2D eigenvalue weighted by Gasteiger charge is -2.21. The molecule has 0 saturated carbocycles. The average molecular weight is 379 g/mol. The fourth-order valence-electron chi connectivity index (χ4n) is 2.78. The molecule has 1 saturated heterocycles. The molecule has 1 atom stereocenters. The number of benzene rings is 1. The molecule has 7 heteroatoms. The molecular formula is C18H18FNO3S2. The maximum atomic E-state index is 13.8. The minimum absolute atomic E-state index is 0.0273. The number of rotatable bonds is 4. The van der Waals surface area contributed by atoms with Crippen molar-refractivity contribution < 1.29 is 17.6 Å². The van der Waals surface area contributed by atoms with E-state index in [1.165, 1.54) is 28.4 Å². The van der Waals surface area contributed by atoms with Gasteiger partial charge in [-0.3, -0.25) is 4.79 Å². The summed E-state index contributed by atoms with van der Waals surface area (Å²) in [5, 5.41) is 0. The van der Waals surface area contributed by atoms with E-state index in [0.29, 0.717) is 12.0 Å². The topological polar surface area (TPSA) is 54.5 Å². The van der Waals surface area contributed by atoms with Crippen molar-refractivity contribution in [3.8, 4) is 10.4 Å². The third-order valence-electron chi connectivity index (χ3n) is 4.26. The summed E-state index contributed by atoms with van der Waals surface area (Å²) in [5.41, 5.74) is 0.534. The number of hydrogen-bond acceptors (Lipinski definition) is 4. The van der Waals surface area contributed by atoms with Crippen LogP contribution in [0.2, 0.25) is 0 Å². The number of carbonyl (C=O) groups excluding carboxylic acids is 1. The summed E-state index contributed by atoms with van der Waals surface area (Å²) >= 11 is 1.39. The van der Waals surface area contributed by atoms with E-state index in [1.54, 1.807) is 31.3 Å². The zero-order valence-corrected chi connectivity index (χ0v) is 15.3. The van der Waals surface area contributed by atoms with Crippen LogP contribution < -0.4 is 0 Å². The molecule has 132 valence electrons. The van der Waals surface area contributed by atoms with Crippen LogP contribution in [0.5, 0.6) is 0 Å². The second-order valence-corrected chi connectivity index (χ2v) is 9.37. The van der Waals surface area contributed by atoms with E-state index in [0.717, 1.165) is 9.75 Å². The molecular weight excluding hydrogens is 361 g/mol. The van der Waals surface area contributed by atoms with Gasteiger partial charge in [0.1, 0.15) is 5.82 Å². The Balaban J connectivity index is 1.68. The normalized spacial score (nSPS) is 19.4. The van der Waals surface area contributed by atoms with Gasteiger partial charge in [0.15, 0.2) is 9.84 Å². The van der Waals surface area contributed by atoms with Crippen molar-refractivity contribution in [2.24, 2.45) is 0 Å². The summed E-state index contributed by atoms with van der Waals surface area (Å²) < 4.78 is 36.9. The van der Waals surface area contributed by atoms with Crippen molar-refractivity contribution in [1.29, 1.82) is 0 Å². The number of hydrogen-bond donors (Lipinski definition) is 0. The molecule has 0 radical (unpaired) electrons. The van der Waals surface area contributed by atoms with Gasteiger partial charge in [0.25, 0.3) is 0 Å². The van der Waals surface area contributed by atoms with E-state index >= 15 is 0 Å². The molecule has 0 aliphatic carbocycles. The first kappa shape index (κ1) is 17.8. The number of likely N-dealkylation sites (N-methyl/N-ethyl adjacent to an activating group) is 1. The standard InChI is InChI=1S/C18H18FNO3S2/c1-20(13-10-11-25(22,23)12-13)18(21)9-7-14-6-8-17(24-14)15-4-2-3-5-16(15)19/h2-9,13H,10-12H2,1H3/b9-7+. The molecule has 1 aromatic heterocycles. The number of thiophene rings is 1. The molecule has 1 unspecified atom stereocenters. The molecule has 1 aromatic carbocycles. The highest BCUT2D eigenvalue weighted by molar-refractivity contribution is 7.91. The predicted octanol–water partition coefficient (Wildman–Crippen LogP) is 3.21. The number of carbonyl (C=O) groups is 1. The van der Waals surface area contributed by atoms with Crippen LogP contribution in [0.15, 0.2) is 42.5 Å². The Morgan fingerprint density at radius 1 is 1.28 bits per heavy atom. The number of halogens is 1. The Morgan fingerprint density at radius 3 is 2.72 bits per heavy atom. The van der Waals surface area contributed by atoms with Crippen LogP contribution in [0.1, 0.15) is 11.3 Å². The Kier molecular flexibility index (Phi) is 5.06. The minimum Gasteiger partial charge on any atom is -0.338 e.